The summed E-state index contributed by atoms with van der Waals surface area (Å²) in [6, 6.07) is 9.77. The van der Waals surface area contributed by atoms with Crippen molar-refractivity contribution in [3.8, 4) is 0 Å². The van der Waals surface area contributed by atoms with Gasteiger partial charge in [0.15, 0.2) is 0 Å². The summed E-state index contributed by atoms with van der Waals surface area (Å²) in [6.45, 7) is 4.32. The smallest absolute Gasteiger partial charge is 0.244 e. The highest BCUT2D eigenvalue weighted by atomic mass is 16.5. The van der Waals surface area contributed by atoms with Crippen LogP contribution in [0.25, 0.3) is 0 Å². The van der Waals surface area contributed by atoms with Crippen molar-refractivity contribution in [3.05, 3.63) is 35.9 Å². The maximum absolute atomic E-state index is 12.5. The second kappa shape index (κ2) is 6.17. The predicted octanol–water partition coefficient (Wildman–Crippen LogP) is 1.54. The van der Waals surface area contributed by atoms with Crippen molar-refractivity contribution in [2.45, 2.75) is 19.1 Å². The molecular formula is C15H22N2O2. The van der Waals surface area contributed by atoms with E-state index in [1.165, 1.54) is 0 Å². The van der Waals surface area contributed by atoms with Crippen molar-refractivity contribution < 1.29 is 9.53 Å². The van der Waals surface area contributed by atoms with Crippen LogP contribution < -0.4 is 0 Å². The van der Waals surface area contributed by atoms with Crippen LogP contribution in [0.1, 0.15) is 18.5 Å². The first-order chi connectivity index (χ1) is 9.09. The number of hydrogen-bond acceptors (Lipinski definition) is 3. The van der Waals surface area contributed by atoms with Crippen molar-refractivity contribution >= 4 is 5.91 Å². The summed E-state index contributed by atoms with van der Waals surface area (Å²) in [5, 5.41) is 0. The molecule has 1 fully saturated rings. The second-order valence-electron chi connectivity index (χ2n) is 5.22. The zero-order chi connectivity index (χ0) is 13.8. The highest BCUT2D eigenvalue weighted by Gasteiger charge is 2.31. The molecule has 1 aliphatic heterocycles. The zero-order valence-corrected chi connectivity index (χ0v) is 11.9. The third-order valence-electron chi connectivity index (χ3n) is 3.43. The monoisotopic (exact) mass is 262 g/mol. The number of benzene rings is 1. The topological polar surface area (TPSA) is 32.8 Å². The normalized spacial score (nSPS) is 21.9. The lowest BCUT2D eigenvalue weighted by atomic mass is 10.0. The van der Waals surface area contributed by atoms with Gasteiger partial charge in [0.1, 0.15) is 6.04 Å². The molecule has 1 amide bonds. The Kier molecular flexibility index (Phi) is 4.56. The number of nitrogens with zero attached hydrogens (tertiary/aromatic N) is 2. The summed E-state index contributed by atoms with van der Waals surface area (Å²) in [6.07, 6.45) is 0.176. The Bertz CT molecular complexity index is 419. The molecule has 0 saturated carbocycles. The van der Waals surface area contributed by atoms with E-state index in [1.807, 2.05) is 51.4 Å². The average Bonchev–Trinajstić information content (AvgIpc) is 2.40. The van der Waals surface area contributed by atoms with Gasteiger partial charge in [0.05, 0.1) is 12.7 Å². The van der Waals surface area contributed by atoms with Gasteiger partial charge < -0.3 is 9.64 Å². The van der Waals surface area contributed by atoms with Gasteiger partial charge in [-0.1, -0.05) is 30.3 Å². The molecule has 1 saturated heterocycles. The third-order valence-corrected chi connectivity index (χ3v) is 3.43. The molecule has 2 unspecified atom stereocenters. The van der Waals surface area contributed by atoms with Gasteiger partial charge in [0.25, 0.3) is 0 Å². The minimum absolute atomic E-state index is 0.125. The van der Waals surface area contributed by atoms with Crippen molar-refractivity contribution in [2.75, 3.05) is 33.8 Å². The quantitative estimate of drug-likeness (QED) is 0.828. The molecule has 1 aromatic carbocycles. The molecule has 2 atom stereocenters. The Labute approximate surface area is 115 Å². The van der Waals surface area contributed by atoms with Gasteiger partial charge in [-0.05, 0) is 12.5 Å². The molecule has 0 aromatic heterocycles. The molecular weight excluding hydrogens is 240 g/mol. The van der Waals surface area contributed by atoms with Crippen LogP contribution in [0, 0.1) is 0 Å². The summed E-state index contributed by atoms with van der Waals surface area (Å²) in [5.74, 6) is 0.125. The number of rotatable bonds is 3. The number of amides is 1. The molecule has 0 bridgehead atoms. The third kappa shape index (κ3) is 3.33. The van der Waals surface area contributed by atoms with Gasteiger partial charge in [0.2, 0.25) is 5.91 Å². The van der Waals surface area contributed by atoms with Gasteiger partial charge >= 0.3 is 0 Å². The fourth-order valence-corrected chi connectivity index (χ4v) is 2.47. The first-order valence-corrected chi connectivity index (χ1v) is 6.71. The lowest BCUT2D eigenvalue weighted by Gasteiger charge is -2.37. The number of morpholine rings is 1. The van der Waals surface area contributed by atoms with E-state index in [0.717, 1.165) is 18.7 Å². The molecule has 104 valence electrons. The Morgan fingerprint density at radius 1 is 1.37 bits per heavy atom. The minimum atomic E-state index is -0.206. The van der Waals surface area contributed by atoms with E-state index in [2.05, 4.69) is 4.90 Å². The number of carbonyl (C=O) groups is 1. The van der Waals surface area contributed by atoms with E-state index in [4.69, 9.17) is 4.74 Å². The van der Waals surface area contributed by atoms with E-state index in [0.29, 0.717) is 6.61 Å². The second-order valence-corrected chi connectivity index (χ2v) is 5.22. The molecule has 4 heteroatoms. The number of ether oxygens (including phenoxy) is 1. The number of hydrogen-bond donors (Lipinski definition) is 0. The Hall–Kier alpha value is -1.39. The summed E-state index contributed by atoms with van der Waals surface area (Å²) in [4.78, 5) is 16.4. The minimum Gasteiger partial charge on any atom is -0.376 e. The van der Waals surface area contributed by atoms with E-state index < -0.39 is 0 Å². The van der Waals surface area contributed by atoms with Gasteiger partial charge in [-0.2, -0.15) is 0 Å². The first-order valence-electron chi connectivity index (χ1n) is 6.71. The van der Waals surface area contributed by atoms with Crippen molar-refractivity contribution in [1.29, 1.82) is 0 Å². The SMILES string of the molecule is CC1CN(C(C(=O)N(C)C)c2ccccc2)CCO1. The van der Waals surface area contributed by atoms with Crippen molar-refractivity contribution in [3.63, 3.8) is 0 Å². The van der Waals surface area contributed by atoms with Gasteiger partial charge in [-0.15, -0.1) is 0 Å². The Morgan fingerprint density at radius 2 is 2.05 bits per heavy atom. The van der Waals surface area contributed by atoms with Gasteiger partial charge in [0, 0.05) is 27.2 Å². The predicted molar refractivity (Wildman–Crippen MR) is 74.9 cm³/mol. The standard InChI is InChI=1S/C15H22N2O2/c1-12-11-17(9-10-19-12)14(15(18)16(2)3)13-7-5-4-6-8-13/h4-8,12,14H,9-11H2,1-3H3. The number of carbonyl (C=O) groups excluding carboxylic acids is 1. The van der Waals surface area contributed by atoms with E-state index in [9.17, 15) is 4.79 Å². The molecule has 0 radical (unpaired) electrons. The molecule has 2 rings (SSSR count). The molecule has 1 heterocycles. The summed E-state index contributed by atoms with van der Waals surface area (Å²) in [5.41, 5.74) is 1.05. The van der Waals surface area contributed by atoms with Crippen LogP contribution in [0.2, 0.25) is 0 Å². The van der Waals surface area contributed by atoms with Crippen LogP contribution in [0.15, 0.2) is 30.3 Å². The highest BCUT2D eigenvalue weighted by Crippen LogP contribution is 2.24. The Morgan fingerprint density at radius 3 is 2.63 bits per heavy atom. The van der Waals surface area contributed by atoms with Crippen LogP contribution in [-0.4, -0.2) is 55.6 Å². The Balaban J connectivity index is 2.26. The largest absolute Gasteiger partial charge is 0.376 e. The zero-order valence-electron chi connectivity index (χ0n) is 11.9. The van der Waals surface area contributed by atoms with E-state index in [-0.39, 0.29) is 18.1 Å². The molecule has 4 nitrogen and oxygen atoms in total. The van der Waals surface area contributed by atoms with Crippen LogP contribution in [0.3, 0.4) is 0 Å². The van der Waals surface area contributed by atoms with Crippen LogP contribution >= 0.6 is 0 Å². The number of likely N-dealkylation sites (N-methyl/N-ethyl adjacent to an activating group) is 1. The molecule has 1 aliphatic rings. The van der Waals surface area contributed by atoms with Gasteiger partial charge in [-0.3, -0.25) is 9.69 Å². The lowest BCUT2D eigenvalue weighted by molar-refractivity contribution is -0.138. The summed E-state index contributed by atoms with van der Waals surface area (Å²) >= 11 is 0. The fourth-order valence-electron chi connectivity index (χ4n) is 2.47. The van der Waals surface area contributed by atoms with Gasteiger partial charge in [-0.25, -0.2) is 0 Å². The first kappa shape index (κ1) is 14.0. The van der Waals surface area contributed by atoms with Crippen LogP contribution in [-0.2, 0) is 9.53 Å². The average molecular weight is 262 g/mol. The lowest BCUT2D eigenvalue weighted by Crippen LogP contribution is -2.47. The fraction of sp³-hybridized carbons (Fsp3) is 0.533. The maximum atomic E-state index is 12.5. The van der Waals surface area contributed by atoms with E-state index >= 15 is 0 Å². The van der Waals surface area contributed by atoms with E-state index in [1.54, 1.807) is 4.90 Å². The summed E-state index contributed by atoms with van der Waals surface area (Å²) < 4.78 is 5.57. The molecule has 1 aromatic rings. The molecule has 0 spiro atoms. The molecule has 0 aliphatic carbocycles. The molecule has 0 N–H and O–H groups in total. The van der Waals surface area contributed by atoms with Crippen LogP contribution in [0.4, 0.5) is 0 Å². The van der Waals surface area contributed by atoms with Crippen molar-refractivity contribution in [1.82, 2.24) is 9.80 Å². The maximum Gasteiger partial charge on any atom is 0.244 e. The summed E-state index contributed by atoms with van der Waals surface area (Å²) in [7, 11) is 3.62. The molecule has 19 heavy (non-hydrogen) atoms. The highest BCUT2D eigenvalue weighted by molar-refractivity contribution is 5.82. The van der Waals surface area contributed by atoms with Crippen LogP contribution in [0.5, 0.6) is 0 Å². The van der Waals surface area contributed by atoms with Crippen molar-refractivity contribution in [2.24, 2.45) is 0 Å².